The van der Waals surface area contributed by atoms with Crippen molar-refractivity contribution in [3.05, 3.63) is 99.2 Å². The molecule has 32 heavy (non-hydrogen) atoms. The van der Waals surface area contributed by atoms with E-state index in [4.69, 9.17) is 9.47 Å². The van der Waals surface area contributed by atoms with Gasteiger partial charge in [-0.25, -0.2) is 0 Å². The summed E-state index contributed by atoms with van der Waals surface area (Å²) in [7, 11) is 1.64. The zero-order chi connectivity index (χ0) is 22.1. The van der Waals surface area contributed by atoms with E-state index in [-0.39, 0.29) is 11.7 Å². The number of aromatic nitrogens is 1. The fourth-order valence-corrected chi connectivity index (χ4v) is 4.38. The molecule has 1 aliphatic rings. The van der Waals surface area contributed by atoms with E-state index in [9.17, 15) is 10.1 Å². The molecule has 1 aliphatic heterocycles. The second-order valence-electron chi connectivity index (χ2n) is 7.81. The minimum atomic E-state index is -0.425. The number of rotatable bonds is 6. The lowest BCUT2D eigenvalue weighted by molar-refractivity contribution is -0.384. The molecule has 162 valence electrons. The van der Waals surface area contributed by atoms with Crippen LogP contribution in [-0.4, -0.2) is 23.6 Å². The summed E-state index contributed by atoms with van der Waals surface area (Å²) in [6.45, 7) is 1.20. The van der Waals surface area contributed by atoms with Gasteiger partial charge in [-0.05, 0) is 47.9 Å². The molecule has 0 radical (unpaired) electrons. The second kappa shape index (κ2) is 8.36. The minimum Gasteiger partial charge on any atom is -0.496 e. The Balaban J connectivity index is 1.43. The molecule has 0 saturated carbocycles. The number of nitro benzene ring substituents is 1. The highest BCUT2D eigenvalue weighted by atomic mass is 16.6. The summed E-state index contributed by atoms with van der Waals surface area (Å²) in [6, 6.07) is 20.7. The Morgan fingerprint density at radius 1 is 1.09 bits per heavy atom. The van der Waals surface area contributed by atoms with Crippen molar-refractivity contribution in [2.24, 2.45) is 0 Å². The molecule has 1 aromatic heterocycles. The summed E-state index contributed by atoms with van der Waals surface area (Å²) in [5, 5.41) is 15.8. The highest BCUT2D eigenvalue weighted by Crippen LogP contribution is 2.35. The quantitative estimate of drug-likeness (QED) is 0.336. The first-order valence-electron chi connectivity index (χ1n) is 10.5. The zero-order valence-electron chi connectivity index (χ0n) is 17.6. The Labute approximate surface area is 185 Å². The number of ether oxygens (including phenoxy) is 2. The van der Waals surface area contributed by atoms with Gasteiger partial charge in [0, 0.05) is 40.8 Å². The van der Waals surface area contributed by atoms with Crippen LogP contribution in [-0.2, 0) is 13.0 Å². The number of fused-ring (bicyclic) bond motifs is 3. The molecule has 0 aliphatic carbocycles. The number of non-ortho nitro benzene ring substituents is 1. The normalized spacial score (nSPS) is 15.3. The predicted octanol–water partition coefficient (Wildman–Crippen LogP) is 4.90. The number of hydrogen-bond acceptors (Lipinski definition) is 5. The molecule has 5 rings (SSSR count). The molecule has 4 aromatic rings. The molecule has 0 spiro atoms. The van der Waals surface area contributed by atoms with Crippen molar-refractivity contribution in [1.29, 1.82) is 0 Å². The van der Waals surface area contributed by atoms with Crippen LogP contribution in [0.3, 0.4) is 0 Å². The van der Waals surface area contributed by atoms with Crippen molar-refractivity contribution >= 4 is 16.6 Å². The van der Waals surface area contributed by atoms with Gasteiger partial charge in [0.15, 0.2) is 0 Å². The number of hydrogen-bond donors (Lipinski definition) is 2. The lowest BCUT2D eigenvalue weighted by Gasteiger charge is -2.25. The molecule has 0 saturated heterocycles. The van der Waals surface area contributed by atoms with Crippen molar-refractivity contribution < 1.29 is 14.4 Å². The lowest BCUT2D eigenvalue weighted by atomic mass is 9.93. The fraction of sp³-hybridized carbons (Fsp3) is 0.200. The van der Waals surface area contributed by atoms with E-state index in [1.54, 1.807) is 19.2 Å². The van der Waals surface area contributed by atoms with E-state index in [1.807, 2.05) is 12.1 Å². The maximum atomic E-state index is 10.8. The van der Waals surface area contributed by atoms with E-state index in [0.717, 1.165) is 35.4 Å². The maximum Gasteiger partial charge on any atom is 0.269 e. The maximum absolute atomic E-state index is 10.8. The van der Waals surface area contributed by atoms with Gasteiger partial charge in [-0.3, -0.25) is 10.1 Å². The van der Waals surface area contributed by atoms with Crippen molar-refractivity contribution in [2.45, 2.75) is 19.1 Å². The monoisotopic (exact) mass is 429 g/mol. The van der Waals surface area contributed by atoms with Crippen LogP contribution >= 0.6 is 0 Å². The third-order valence-corrected chi connectivity index (χ3v) is 5.94. The number of nitrogens with one attached hydrogen (secondary N) is 2. The summed E-state index contributed by atoms with van der Waals surface area (Å²) >= 11 is 0. The highest BCUT2D eigenvalue weighted by Gasteiger charge is 2.25. The van der Waals surface area contributed by atoms with E-state index in [2.05, 4.69) is 40.6 Å². The molecule has 2 N–H and O–H groups in total. The topological polar surface area (TPSA) is 89.4 Å². The average molecular weight is 429 g/mol. The van der Waals surface area contributed by atoms with Crippen molar-refractivity contribution in [3.8, 4) is 11.5 Å². The van der Waals surface area contributed by atoms with Gasteiger partial charge in [0.1, 0.15) is 18.1 Å². The van der Waals surface area contributed by atoms with E-state index in [0.29, 0.717) is 12.4 Å². The minimum absolute atomic E-state index is 0.0365. The summed E-state index contributed by atoms with van der Waals surface area (Å²) in [5.74, 6) is 1.31. The van der Waals surface area contributed by atoms with Crippen LogP contribution in [0.25, 0.3) is 10.9 Å². The molecule has 0 amide bonds. The lowest BCUT2D eigenvalue weighted by Crippen LogP contribution is -2.30. The molecular weight excluding hydrogens is 406 g/mol. The number of nitrogens with zero attached hydrogens (tertiary/aromatic N) is 1. The van der Waals surface area contributed by atoms with Crippen LogP contribution in [0.2, 0.25) is 0 Å². The molecule has 0 bridgehead atoms. The van der Waals surface area contributed by atoms with Crippen LogP contribution in [0.1, 0.15) is 28.4 Å². The van der Waals surface area contributed by atoms with Crippen LogP contribution in [0.4, 0.5) is 5.69 Å². The fourth-order valence-electron chi connectivity index (χ4n) is 4.38. The number of benzene rings is 3. The van der Waals surface area contributed by atoms with E-state index < -0.39 is 4.92 Å². The molecule has 7 nitrogen and oxygen atoms in total. The van der Waals surface area contributed by atoms with Gasteiger partial charge in [0.25, 0.3) is 5.69 Å². The summed E-state index contributed by atoms with van der Waals surface area (Å²) in [6.07, 6.45) is 0.988. The number of aromatic amines is 1. The molecular formula is C25H23N3O4. The van der Waals surface area contributed by atoms with Gasteiger partial charge in [-0.2, -0.15) is 0 Å². The van der Waals surface area contributed by atoms with Crippen molar-refractivity contribution in [1.82, 2.24) is 10.3 Å². The highest BCUT2D eigenvalue weighted by molar-refractivity contribution is 5.85. The van der Waals surface area contributed by atoms with Crippen LogP contribution < -0.4 is 14.8 Å². The Morgan fingerprint density at radius 2 is 1.91 bits per heavy atom. The summed E-state index contributed by atoms with van der Waals surface area (Å²) in [4.78, 5) is 14.0. The Hall–Kier alpha value is -3.84. The average Bonchev–Trinajstić information content (AvgIpc) is 3.21. The number of para-hydroxylation sites is 1. The number of H-pyrrole nitrogens is 1. The van der Waals surface area contributed by atoms with Crippen LogP contribution in [0, 0.1) is 10.1 Å². The van der Waals surface area contributed by atoms with E-state index >= 15 is 0 Å². The smallest absolute Gasteiger partial charge is 0.269 e. The van der Waals surface area contributed by atoms with Gasteiger partial charge < -0.3 is 19.8 Å². The third kappa shape index (κ3) is 3.67. The Kier molecular flexibility index (Phi) is 5.25. The molecule has 3 aromatic carbocycles. The van der Waals surface area contributed by atoms with Crippen molar-refractivity contribution in [2.75, 3.05) is 13.7 Å². The van der Waals surface area contributed by atoms with Gasteiger partial charge >= 0.3 is 0 Å². The number of methoxy groups -OCH3 is 1. The molecule has 0 unspecified atom stereocenters. The SMILES string of the molecule is COc1ccc([C@H]2NCCc3c2[nH]c2ccccc32)cc1COc1ccc([N+](=O)[O-])cc1. The first-order chi connectivity index (χ1) is 15.6. The number of nitro groups is 1. The first kappa shape index (κ1) is 20.1. The summed E-state index contributed by atoms with van der Waals surface area (Å²) in [5.41, 5.74) is 5.79. The predicted molar refractivity (Wildman–Crippen MR) is 122 cm³/mol. The molecule has 7 heteroatoms. The Morgan fingerprint density at radius 3 is 2.69 bits per heavy atom. The first-order valence-corrected chi connectivity index (χ1v) is 10.5. The van der Waals surface area contributed by atoms with E-state index in [1.165, 1.54) is 28.8 Å². The summed E-state index contributed by atoms with van der Waals surface area (Å²) < 4.78 is 11.4. The van der Waals surface area contributed by atoms with Gasteiger partial charge in [0.05, 0.1) is 18.1 Å². The Bertz CT molecular complexity index is 1280. The molecule has 1 atom stereocenters. The zero-order valence-corrected chi connectivity index (χ0v) is 17.6. The van der Waals surface area contributed by atoms with Gasteiger partial charge in [-0.15, -0.1) is 0 Å². The van der Waals surface area contributed by atoms with Crippen molar-refractivity contribution in [3.63, 3.8) is 0 Å². The van der Waals surface area contributed by atoms with Gasteiger partial charge in [0.2, 0.25) is 0 Å². The third-order valence-electron chi connectivity index (χ3n) is 5.94. The standard InChI is InChI=1S/C25H23N3O4/c1-31-23-11-6-16(14-17(23)15-32-19-9-7-18(8-10-19)28(29)30)24-25-21(12-13-26-24)20-4-2-3-5-22(20)27-25/h2-11,14,24,26-27H,12-13,15H2,1H3/t24-/m1/s1. The molecule has 2 heterocycles. The van der Waals surface area contributed by atoms with Crippen LogP contribution in [0.5, 0.6) is 11.5 Å². The largest absolute Gasteiger partial charge is 0.496 e. The van der Waals surface area contributed by atoms with Gasteiger partial charge in [-0.1, -0.05) is 24.3 Å². The molecule has 0 fully saturated rings. The van der Waals surface area contributed by atoms with Crippen LogP contribution in [0.15, 0.2) is 66.7 Å². The second-order valence-corrected chi connectivity index (χ2v) is 7.81.